The van der Waals surface area contributed by atoms with E-state index in [1.165, 1.54) is 4.90 Å². The Hall–Kier alpha value is -1.34. The zero-order chi connectivity index (χ0) is 16.1. The van der Waals surface area contributed by atoms with Gasteiger partial charge in [0.05, 0.1) is 6.04 Å². The van der Waals surface area contributed by atoms with Crippen molar-refractivity contribution in [1.29, 1.82) is 0 Å². The normalized spacial score (nSPS) is 33.0. The molecule has 2 unspecified atom stereocenters. The van der Waals surface area contributed by atoms with Gasteiger partial charge in [-0.1, -0.05) is 0 Å². The first-order valence-electron chi connectivity index (χ1n) is 7.48. The first-order chi connectivity index (χ1) is 10.2. The van der Waals surface area contributed by atoms with Gasteiger partial charge in [-0.25, -0.2) is 17.6 Å². The van der Waals surface area contributed by atoms with E-state index in [2.05, 4.69) is 5.32 Å². The summed E-state index contributed by atoms with van der Waals surface area (Å²) in [6.07, 6.45) is -3.44. The van der Waals surface area contributed by atoms with E-state index < -0.39 is 36.5 Å². The Labute approximate surface area is 125 Å². The quantitative estimate of drug-likeness (QED) is 0.788. The average Bonchev–Trinajstić information content (AvgIpc) is 2.69. The Morgan fingerprint density at radius 2 is 1.95 bits per heavy atom. The summed E-state index contributed by atoms with van der Waals surface area (Å²) in [6, 6.07) is -0.255. The van der Waals surface area contributed by atoms with E-state index in [-0.39, 0.29) is 31.0 Å². The van der Waals surface area contributed by atoms with E-state index in [1.807, 2.05) is 0 Å². The molecule has 1 saturated carbocycles. The van der Waals surface area contributed by atoms with E-state index in [0.29, 0.717) is 12.8 Å². The van der Waals surface area contributed by atoms with Crippen LogP contribution in [0, 0.1) is 11.3 Å². The lowest BCUT2D eigenvalue weighted by Gasteiger charge is -2.46. The number of amides is 2. The summed E-state index contributed by atoms with van der Waals surface area (Å²) < 4.78 is 52.6. The number of hydrogen-bond acceptors (Lipinski definition) is 2. The van der Waals surface area contributed by atoms with Gasteiger partial charge in [-0.2, -0.15) is 0 Å². The number of nitrogens with zero attached hydrogens (tertiary/aromatic N) is 1. The molecule has 3 aliphatic rings. The van der Waals surface area contributed by atoms with Crippen LogP contribution >= 0.6 is 0 Å². The number of alkyl halides is 4. The summed E-state index contributed by atoms with van der Waals surface area (Å²) in [4.78, 5) is 25.2. The zero-order valence-electron chi connectivity index (χ0n) is 12.0. The van der Waals surface area contributed by atoms with E-state index >= 15 is 0 Å². The maximum absolute atomic E-state index is 13.2. The van der Waals surface area contributed by atoms with Crippen LogP contribution in [0.25, 0.3) is 0 Å². The molecule has 2 aliphatic heterocycles. The van der Waals surface area contributed by atoms with Crippen molar-refractivity contribution in [1.82, 2.24) is 10.2 Å². The fourth-order valence-corrected chi connectivity index (χ4v) is 3.88. The summed E-state index contributed by atoms with van der Waals surface area (Å²) in [6.45, 7) is 0.388. The predicted molar refractivity (Wildman–Crippen MR) is 68.5 cm³/mol. The monoisotopic (exact) mass is 322 g/mol. The van der Waals surface area contributed by atoms with Crippen LogP contribution in [-0.2, 0) is 9.59 Å². The Bertz CT molecular complexity index is 489. The van der Waals surface area contributed by atoms with Crippen LogP contribution in [0.3, 0.4) is 0 Å². The molecule has 3 rings (SSSR count). The van der Waals surface area contributed by atoms with Crippen LogP contribution in [-0.4, -0.2) is 48.2 Å². The molecule has 4 nitrogen and oxygen atoms in total. The fraction of sp³-hybridized carbons (Fsp3) is 0.857. The van der Waals surface area contributed by atoms with Crippen LogP contribution in [0.5, 0.6) is 0 Å². The van der Waals surface area contributed by atoms with E-state index in [9.17, 15) is 27.2 Å². The maximum Gasteiger partial charge on any atom is 0.253 e. The molecule has 0 radical (unpaired) electrons. The third-order valence-electron chi connectivity index (χ3n) is 5.05. The molecule has 2 amide bonds. The van der Waals surface area contributed by atoms with Crippen LogP contribution in [0.1, 0.15) is 32.1 Å². The highest BCUT2D eigenvalue weighted by molar-refractivity contribution is 5.85. The van der Waals surface area contributed by atoms with Crippen LogP contribution < -0.4 is 5.32 Å². The van der Waals surface area contributed by atoms with Crippen LogP contribution in [0.15, 0.2) is 0 Å². The smallest absolute Gasteiger partial charge is 0.253 e. The maximum atomic E-state index is 13.2. The van der Waals surface area contributed by atoms with Gasteiger partial charge in [0.2, 0.25) is 11.8 Å². The zero-order valence-corrected chi connectivity index (χ0v) is 12.0. The Balaban J connectivity index is 1.72. The largest absolute Gasteiger partial charge is 0.351 e. The summed E-state index contributed by atoms with van der Waals surface area (Å²) in [5.74, 6) is -4.17. The summed E-state index contributed by atoms with van der Waals surface area (Å²) >= 11 is 0. The molecule has 0 aromatic carbocycles. The number of halogens is 4. The topological polar surface area (TPSA) is 49.4 Å². The number of rotatable bonds is 2. The van der Waals surface area contributed by atoms with Crippen LogP contribution in [0.4, 0.5) is 17.6 Å². The molecule has 0 bridgehead atoms. The summed E-state index contributed by atoms with van der Waals surface area (Å²) in [7, 11) is 0. The SMILES string of the molecule is O=C1CCCC2CN(C(=O)C3(C(F)F)CC(F)(F)C3)CC2N1. The van der Waals surface area contributed by atoms with Crippen molar-refractivity contribution in [3.8, 4) is 0 Å². The van der Waals surface area contributed by atoms with Crippen molar-refractivity contribution in [2.24, 2.45) is 11.3 Å². The number of likely N-dealkylation sites (tertiary alicyclic amines) is 1. The molecular weight excluding hydrogens is 304 g/mol. The molecule has 8 heteroatoms. The number of fused-ring (bicyclic) bond motifs is 1. The van der Waals surface area contributed by atoms with Crippen molar-refractivity contribution >= 4 is 11.8 Å². The fourth-order valence-electron chi connectivity index (χ4n) is 3.88. The minimum absolute atomic E-state index is 0.0192. The number of carbonyl (C=O) groups is 2. The van der Waals surface area contributed by atoms with Crippen molar-refractivity contribution < 1.29 is 27.2 Å². The standard InChI is InChI=1S/C14H18F4N2O2/c15-11(16)13(6-14(17,18)7-13)12(22)20-4-8-2-1-3-10(21)19-9(8)5-20/h8-9,11H,1-7H2,(H,19,21). The molecule has 1 aliphatic carbocycles. The van der Waals surface area contributed by atoms with E-state index in [0.717, 1.165) is 6.42 Å². The van der Waals surface area contributed by atoms with Crippen molar-refractivity contribution in [3.05, 3.63) is 0 Å². The average molecular weight is 322 g/mol. The molecule has 22 heavy (non-hydrogen) atoms. The Kier molecular flexibility index (Phi) is 3.60. The van der Waals surface area contributed by atoms with Gasteiger partial charge >= 0.3 is 0 Å². The second-order valence-electron chi connectivity index (χ2n) is 6.70. The molecule has 2 atom stereocenters. The molecule has 1 N–H and O–H groups in total. The third-order valence-corrected chi connectivity index (χ3v) is 5.05. The van der Waals surface area contributed by atoms with Crippen LogP contribution in [0.2, 0.25) is 0 Å². The second kappa shape index (κ2) is 5.09. The van der Waals surface area contributed by atoms with Crippen molar-refractivity contribution in [3.63, 3.8) is 0 Å². The third kappa shape index (κ3) is 2.46. The van der Waals surface area contributed by atoms with Gasteiger partial charge in [-0.05, 0) is 18.8 Å². The molecule has 3 fully saturated rings. The molecule has 2 heterocycles. The van der Waals surface area contributed by atoms with Gasteiger partial charge in [-0.3, -0.25) is 9.59 Å². The van der Waals surface area contributed by atoms with Crippen molar-refractivity contribution in [2.75, 3.05) is 13.1 Å². The first-order valence-corrected chi connectivity index (χ1v) is 7.48. The van der Waals surface area contributed by atoms with Gasteiger partial charge in [0, 0.05) is 32.4 Å². The lowest BCUT2D eigenvalue weighted by Crippen LogP contribution is -2.59. The highest BCUT2D eigenvalue weighted by Crippen LogP contribution is 2.56. The summed E-state index contributed by atoms with van der Waals surface area (Å²) in [5.41, 5.74) is -2.25. The molecule has 0 aromatic heterocycles. The lowest BCUT2D eigenvalue weighted by molar-refractivity contribution is -0.218. The van der Waals surface area contributed by atoms with E-state index in [1.54, 1.807) is 0 Å². The minimum Gasteiger partial charge on any atom is -0.351 e. The predicted octanol–water partition coefficient (Wildman–Crippen LogP) is 1.79. The molecule has 0 spiro atoms. The number of nitrogens with one attached hydrogen (secondary N) is 1. The van der Waals surface area contributed by atoms with E-state index in [4.69, 9.17) is 0 Å². The first kappa shape index (κ1) is 15.6. The Morgan fingerprint density at radius 3 is 2.55 bits per heavy atom. The molecule has 0 aromatic rings. The number of hydrogen-bond donors (Lipinski definition) is 1. The second-order valence-corrected chi connectivity index (χ2v) is 6.70. The highest BCUT2D eigenvalue weighted by Gasteiger charge is 2.67. The highest BCUT2D eigenvalue weighted by atomic mass is 19.3. The number of carbonyl (C=O) groups excluding carboxylic acids is 2. The lowest BCUT2D eigenvalue weighted by atomic mass is 9.65. The summed E-state index contributed by atoms with van der Waals surface area (Å²) in [5, 5.41) is 2.79. The molecular formula is C14H18F4N2O2. The van der Waals surface area contributed by atoms with Gasteiger partial charge in [0.25, 0.3) is 12.3 Å². The molecule has 124 valence electrons. The Morgan fingerprint density at radius 1 is 1.27 bits per heavy atom. The van der Waals surface area contributed by atoms with Gasteiger partial charge in [-0.15, -0.1) is 0 Å². The van der Waals surface area contributed by atoms with Crippen molar-refractivity contribution in [2.45, 2.75) is 50.5 Å². The van der Waals surface area contributed by atoms with Gasteiger partial charge in [0.15, 0.2) is 0 Å². The minimum atomic E-state index is -3.19. The van der Waals surface area contributed by atoms with Gasteiger partial charge < -0.3 is 10.2 Å². The molecule has 2 saturated heterocycles. The van der Waals surface area contributed by atoms with Gasteiger partial charge in [0.1, 0.15) is 5.41 Å².